The first-order valence-electron chi connectivity index (χ1n) is 9.45. The molecule has 8 heteroatoms. The third-order valence-electron chi connectivity index (χ3n) is 4.10. The van der Waals surface area contributed by atoms with Crippen LogP contribution < -0.4 is 25.4 Å². The van der Waals surface area contributed by atoms with Crippen LogP contribution >= 0.6 is 24.0 Å². The second-order valence-electron chi connectivity index (χ2n) is 6.35. The first kappa shape index (κ1) is 23.3. The second kappa shape index (κ2) is 11.9. The molecule has 1 amide bonds. The summed E-state index contributed by atoms with van der Waals surface area (Å²) in [5.41, 5.74) is 1.35. The lowest BCUT2D eigenvalue weighted by molar-refractivity contribution is -0.114. The number of guanidine groups is 1. The van der Waals surface area contributed by atoms with Crippen LogP contribution in [0.15, 0.2) is 53.5 Å². The van der Waals surface area contributed by atoms with E-state index in [1.807, 2.05) is 31.2 Å². The van der Waals surface area contributed by atoms with E-state index < -0.39 is 0 Å². The fourth-order valence-corrected chi connectivity index (χ4v) is 2.75. The van der Waals surface area contributed by atoms with Crippen LogP contribution in [0.2, 0.25) is 0 Å². The first-order valence-corrected chi connectivity index (χ1v) is 9.45. The number of hydrogen-bond acceptors (Lipinski definition) is 4. The van der Waals surface area contributed by atoms with Gasteiger partial charge in [0.15, 0.2) is 17.5 Å². The van der Waals surface area contributed by atoms with Gasteiger partial charge in [-0.05, 0) is 37.3 Å². The minimum Gasteiger partial charge on any atom is -0.486 e. The summed E-state index contributed by atoms with van der Waals surface area (Å²) in [6, 6.07) is 14.7. The first-order chi connectivity index (χ1) is 14.2. The number of rotatable bonds is 6. The molecule has 1 atom stereocenters. The minimum atomic E-state index is -0.234. The number of nitrogens with one attached hydrogen (secondary N) is 3. The molecular formula is C22H25IN4O3. The zero-order valence-corrected chi connectivity index (χ0v) is 19.0. The van der Waals surface area contributed by atoms with Gasteiger partial charge < -0.3 is 25.4 Å². The van der Waals surface area contributed by atoms with E-state index in [4.69, 9.17) is 15.9 Å². The van der Waals surface area contributed by atoms with Crippen LogP contribution in [0.25, 0.3) is 0 Å². The molecule has 2 aromatic carbocycles. The van der Waals surface area contributed by atoms with Crippen molar-refractivity contribution in [2.45, 2.75) is 13.0 Å². The highest BCUT2D eigenvalue weighted by atomic mass is 127. The number of terminal acetylenes is 1. The Kier molecular flexibility index (Phi) is 9.28. The Labute approximate surface area is 193 Å². The van der Waals surface area contributed by atoms with E-state index in [2.05, 4.69) is 26.9 Å². The second-order valence-corrected chi connectivity index (χ2v) is 6.35. The predicted molar refractivity (Wildman–Crippen MR) is 129 cm³/mol. The minimum absolute atomic E-state index is 0. The van der Waals surface area contributed by atoms with Crippen molar-refractivity contribution >= 4 is 41.5 Å². The van der Waals surface area contributed by atoms with Crippen molar-refractivity contribution in [2.24, 2.45) is 4.99 Å². The highest BCUT2D eigenvalue weighted by Crippen LogP contribution is 2.30. The molecule has 0 fully saturated rings. The SMILES string of the molecule is C#Cc1cccc(NC(=O)CN=C(NCC)NCC2COc3ccccc3O2)c1.I. The molecule has 3 N–H and O–H groups in total. The summed E-state index contributed by atoms with van der Waals surface area (Å²) in [5, 5.41) is 9.09. The summed E-state index contributed by atoms with van der Waals surface area (Å²) < 4.78 is 11.6. The van der Waals surface area contributed by atoms with Crippen molar-refractivity contribution in [3.8, 4) is 23.8 Å². The number of nitrogens with zero attached hydrogens (tertiary/aromatic N) is 1. The molecular weight excluding hydrogens is 495 g/mol. The van der Waals surface area contributed by atoms with Gasteiger partial charge >= 0.3 is 0 Å². The Hall–Kier alpha value is -2.93. The normalized spacial score (nSPS) is 14.7. The number of carbonyl (C=O) groups is 1. The maximum atomic E-state index is 12.2. The van der Waals surface area contributed by atoms with E-state index in [1.54, 1.807) is 24.3 Å². The van der Waals surface area contributed by atoms with E-state index in [1.165, 1.54) is 0 Å². The van der Waals surface area contributed by atoms with E-state index in [0.717, 1.165) is 11.5 Å². The van der Waals surface area contributed by atoms with Gasteiger partial charge in [0, 0.05) is 17.8 Å². The number of benzene rings is 2. The van der Waals surface area contributed by atoms with Gasteiger partial charge in [-0.25, -0.2) is 4.99 Å². The molecule has 7 nitrogen and oxygen atoms in total. The zero-order valence-electron chi connectivity index (χ0n) is 16.7. The van der Waals surface area contributed by atoms with Gasteiger partial charge in [-0.2, -0.15) is 0 Å². The van der Waals surface area contributed by atoms with Crippen LogP contribution in [0.3, 0.4) is 0 Å². The summed E-state index contributed by atoms with van der Waals surface area (Å²) in [6.45, 7) is 3.53. The molecule has 1 unspecified atom stereocenters. The molecule has 1 heterocycles. The number of aliphatic imine (C=N–C) groups is 1. The fourth-order valence-electron chi connectivity index (χ4n) is 2.75. The van der Waals surface area contributed by atoms with Crippen molar-refractivity contribution in [2.75, 3.05) is 31.6 Å². The van der Waals surface area contributed by atoms with Gasteiger partial charge in [0.1, 0.15) is 19.3 Å². The molecule has 0 spiro atoms. The monoisotopic (exact) mass is 520 g/mol. The van der Waals surface area contributed by atoms with Crippen LogP contribution in [0.5, 0.6) is 11.5 Å². The average Bonchev–Trinajstić information content (AvgIpc) is 2.75. The Morgan fingerprint density at radius 1 is 1.20 bits per heavy atom. The summed E-state index contributed by atoms with van der Waals surface area (Å²) in [6.07, 6.45) is 5.22. The summed E-state index contributed by atoms with van der Waals surface area (Å²) in [5.74, 6) is 4.31. The topological polar surface area (TPSA) is 84.0 Å². The lowest BCUT2D eigenvalue weighted by Gasteiger charge is -2.27. The van der Waals surface area contributed by atoms with Gasteiger partial charge in [0.2, 0.25) is 5.91 Å². The summed E-state index contributed by atoms with van der Waals surface area (Å²) in [7, 11) is 0. The lowest BCUT2D eigenvalue weighted by Crippen LogP contribution is -2.45. The number of carbonyl (C=O) groups excluding carboxylic acids is 1. The zero-order chi connectivity index (χ0) is 20.5. The highest BCUT2D eigenvalue weighted by molar-refractivity contribution is 14.0. The third kappa shape index (κ3) is 6.84. The van der Waals surface area contributed by atoms with Crippen molar-refractivity contribution < 1.29 is 14.3 Å². The molecule has 0 bridgehead atoms. The molecule has 0 saturated heterocycles. The molecule has 0 aromatic heterocycles. The lowest BCUT2D eigenvalue weighted by atomic mass is 10.2. The Balaban J connectivity index is 0.00000320. The van der Waals surface area contributed by atoms with E-state index in [-0.39, 0.29) is 42.5 Å². The number of halogens is 1. The van der Waals surface area contributed by atoms with Crippen molar-refractivity contribution in [1.29, 1.82) is 0 Å². The highest BCUT2D eigenvalue weighted by Gasteiger charge is 2.20. The predicted octanol–water partition coefficient (Wildman–Crippen LogP) is 2.62. The smallest absolute Gasteiger partial charge is 0.246 e. The number of amides is 1. The van der Waals surface area contributed by atoms with E-state index >= 15 is 0 Å². The Morgan fingerprint density at radius 2 is 2.00 bits per heavy atom. The molecule has 158 valence electrons. The Morgan fingerprint density at radius 3 is 2.77 bits per heavy atom. The van der Waals surface area contributed by atoms with Crippen LogP contribution in [-0.4, -0.2) is 44.2 Å². The maximum absolute atomic E-state index is 12.2. The van der Waals surface area contributed by atoms with Crippen LogP contribution in [0.4, 0.5) is 5.69 Å². The third-order valence-corrected chi connectivity index (χ3v) is 4.10. The summed E-state index contributed by atoms with van der Waals surface area (Å²) in [4.78, 5) is 16.5. The quantitative estimate of drug-likeness (QED) is 0.236. The van der Waals surface area contributed by atoms with E-state index in [0.29, 0.717) is 36.9 Å². The summed E-state index contributed by atoms with van der Waals surface area (Å²) >= 11 is 0. The molecule has 0 radical (unpaired) electrons. The van der Waals surface area contributed by atoms with Crippen LogP contribution in [0, 0.1) is 12.3 Å². The number of anilines is 1. The van der Waals surface area contributed by atoms with Gasteiger partial charge in [-0.15, -0.1) is 30.4 Å². The van der Waals surface area contributed by atoms with Crippen molar-refractivity contribution in [3.05, 3.63) is 54.1 Å². The number of fused-ring (bicyclic) bond motifs is 1. The molecule has 1 aliphatic heterocycles. The molecule has 30 heavy (non-hydrogen) atoms. The molecule has 0 aliphatic carbocycles. The van der Waals surface area contributed by atoms with Crippen molar-refractivity contribution in [1.82, 2.24) is 10.6 Å². The van der Waals surface area contributed by atoms with Gasteiger partial charge in [-0.1, -0.05) is 24.1 Å². The molecule has 2 aromatic rings. The van der Waals surface area contributed by atoms with Crippen LogP contribution in [-0.2, 0) is 4.79 Å². The number of para-hydroxylation sites is 2. The van der Waals surface area contributed by atoms with E-state index in [9.17, 15) is 4.79 Å². The van der Waals surface area contributed by atoms with Gasteiger partial charge in [-0.3, -0.25) is 4.79 Å². The molecule has 1 aliphatic rings. The standard InChI is InChI=1S/C22H24N4O3.HI/c1-3-16-8-7-9-17(12-16)26-21(27)14-25-22(23-4-2)24-13-18-15-28-19-10-5-6-11-20(19)29-18;/h1,5-12,18H,4,13-15H2,2H3,(H,26,27)(H2,23,24,25);1H. The van der Waals surface area contributed by atoms with Gasteiger partial charge in [0.25, 0.3) is 0 Å². The fraction of sp³-hybridized carbons (Fsp3) is 0.273. The molecule has 3 rings (SSSR count). The maximum Gasteiger partial charge on any atom is 0.246 e. The van der Waals surface area contributed by atoms with Crippen LogP contribution in [0.1, 0.15) is 12.5 Å². The largest absolute Gasteiger partial charge is 0.486 e. The van der Waals surface area contributed by atoms with Crippen molar-refractivity contribution in [3.63, 3.8) is 0 Å². The number of hydrogen-bond donors (Lipinski definition) is 3. The Bertz CT molecular complexity index is 927. The molecule has 0 saturated carbocycles. The van der Waals surface area contributed by atoms with Gasteiger partial charge in [0.05, 0.1) is 6.54 Å². The number of ether oxygens (including phenoxy) is 2. The average molecular weight is 520 g/mol.